The summed E-state index contributed by atoms with van der Waals surface area (Å²) in [7, 11) is 0. The Bertz CT molecular complexity index is 1150. The zero-order chi connectivity index (χ0) is 20.1. The summed E-state index contributed by atoms with van der Waals surface area (Å²) < 4.78 is 12.0. The van der Waals surface area contributed by atoms with E-state index >= 15 is 0 Å². The van der Waals surface area contributed by atoms with E-state index in [1.807, 2.05) is 19.9 Å². The first-order valence-corrected chi connectivity index (χ1v) is 9.57. The highest BCUT2D eigenvalue weighted by Crippen LogP contribution is 2.37. The van der Waals surface area contributed by atoms with Crippen molar-refractivity contribution in [3.63, 3.8) is 0 Å². The smallest absolute Gasteiger partial charge is 0.259 e. The van der Waals surface area contributed by atoms with E-state index in [1.165, 1.54) is 0 Å². The molecule has 0 saturated carbocycles. The van der Waals surface area contributed by atoms with E-state index in [0.717, 1.165) is 0 Å². The molecule has 0 fully saturated rings. The topological polar surface area (TPSA) is 88.0 Å². The van der Waals surface area contributed by atoms with Gasteiger partial charge in [0.25, 0.3) is 5.56 Å². The second-order valence-corrected chi connectivity index (χ2v) is 6.65. The molecule has 0 unspecified atom stereocenters. The van der Waals surface area contributed by atoms with Gasteiger partial charge in [0.1, 0.15) is 6.07 Å². The number of nitriles is 1. The molecule has 142 valence electrons. The predicted molar refractivity (Wildman–Crippen MR) is 112 cm³/mol. The van der Waals surface area contributed by atoms with Crippen molar-refractivity contribution in [2.45, 2.75) is 13.8 Å². The number of allylic oxidation sites excluding steroid dienone is 1. The van der Waals surface area contributed by atoms with Gasteiger partial charge in [-0.15, -0.1) is 0 Å². The Morgan fingerprint density at radius 1 is 1.25 bits per heavy atom. The highest BCUT2D eigenvalue weighted by molar-refractivity contribution is 9.10. The molecule has 3 aromatic rings. The lowest BCUT2D eigenvalue weighted by Gasteiger charge is -2.13. The predicted octanol–water partition coefficient (Wildman–Crippen LogP) is 4.55. The van der Waals surface area contributed by atoms with Crippen molar-refractivity contribution in [2.75, 3.05) is 13.2 Å². The SMILES string of the molecule is CCOc1cc(/C=C(/C#N)c2nc3ccccc3c(=O)[nH]2)cc(Br)c1OCC. The number of ether oxygens (including phenoxy) is 2. The number of aromatic amines is 1. The van der Waals surface area contributed by atoms with Crippen LogP contribution in [0.3, 0.4) is 0 Å². The molecule has 0 radical (unpaired) electrons. The van der Waals surface area contributed by atoms with Crippen LogP contribution < -0.4 is 15.0 Å². The average Bonchev–Trinajstić information content (AvgIpc) is 2.69. The summed E-state index contributed by atoms with van der Waals surface area (Å²) in [6.07, 6.45) is 1.65. The summed E-state index contributed by atoms with van der Waals surface area (Å²) in [5.41, 5.74) is 1.20. The van der Waals surface area contributed by atoms with Gasteiger partial charge < -0.3 is 14.5 Å². The van der Waals surface area contributed by atoms with Crippen molar-refractivity contribution in [2.24, 2.45) is 0 Å². The molecule has 1 heterocycles. The molecule has 1 N–H and O–H groups in total. The summed E-state index contributed by atoms with van der Waals surface area (Å²) in [5.74, 6) is 1.40. The minimum atomic E-state index is -0.287. The summed E-state index contributed by atoms with van der Waals surface area (Å²) in [4.78, 5) is 19.4. The second-order valence-electron chi connectivity index (χ2n) is 5.80. The van der Waals surface area contributed by atoms with Gasteiger partial charge in [0.05, 0.1) is 34.2 Å². The van der Waals surface area contributed by atoms with Gasteiger partial charge in [0.2, 0.25) is 0 Å². The van der Waals surface area contributed by atoms with Gasteiger partial charge in [-0.2, -0.15) is 5.26 Å². The van der Waals surface area contributed by atoms with Gasteiger partial charge in [0, 0.05) is 0 Å². The molecule has 0 amide bonds. The molecule has 0 atom stereocenters. The fourth-order valence-electron chi connectivity index (χ4n) is 2.75. The molecule has 0 aliphatic carbocycles. The minimum Gasteiger partial charge on any atom is -0.490 e. The number of hydrogen-bond acceptors (Lipinski definition) is 5. The van der Waals surface area contributed by atoms with Crippen molar-refractivity contribution in [3.8, 4) is 17.6 Å². The van der Waals surface area contributed by atoms with Gasteiger partial charge in [-0.25, -0.2) is 4.98 Å². The number of fused-ring (bicyclic) bond motifs is 1. The first-order chi connectivity index (χ1) is 13.6. The third-order valence-corrected chi connectivity index (χ3v) is 4.51. The molecule has 2 aromatic carbocycles. The third-order valence-electron chi connectivity index (χ3n) is 3.92. The van der Waals surface area contributed by atoms with E-state index in [9.17, 15) is 10.1 Å². The maximum absolute atomic E-state index is 12.3. The Hall–Kier alpha value is -3.11. The largest absolute Gasteiger partial charge is 0.490 e. The van der Waals surface area contributed by atoms with Crippen LogP contribution in [0, 0.1) is 11.3 Å². The lowest BCUT2D eigenvalue weighted by Crippen LogP contribution is -2.11. The van der Waals surface area contributed by atoms with Gasteiger partial charge in [-0.05, 0) is 65.7 Å². The van der Waals surface area contributed by atoms with Crippen LogP contribution in [0.1, 0.15) is 25.2 Å². The van der Waals surface area contributed by atoms with Crippen LogP contribution in [0.2, 0.25) is 0 Å². The van der Waals surface area contributed by atoms with E-state index in [2.05, 4.69) is 32.0 Å². The molecular weight excluding hydrogens is 422 g/mol. The first kappa shape index (κ1) is 19.6. The zero-order valence-electron chi connectivity index (χ0n) is 15.5. The molecular formula is C21H18BrN3O3. The summed E-state index contributed by atoms with van der Waals surface area (Å²) in [6.45, 7) is 4.76. The molecule has 3 rings (SSSR count). The number of benzene rings is 2. The number of H-pyrrole nitrogens is 1. The molecule has 0 aliphatic heterocycles. The van der Waals surface area contributed by atoms with E-state index in [0.29, 0.717) is 45.7 Å². The van der Waals surface area contributed by atoms with Crippen LogP contribution in [-0.2, 0) is 0 Å². The minimum absolute atomic E-state index is 0.217. The number of para-hydroxylation sites is 1. The van der Waals surface area contributed by atoms with Gasteiger partial charge >= 0.3 is 0 Å². The Morgan fingerprint density at radius 3 is 2.71 bits per heavy atom. The maximum atomic E-state index is 12.3. The van der Waals surface area contributed by atoms with E-state index in [-0.39, 0.29) is 17.0 Å². The molecule has 6 nitrogen and oxygen atoms in total. The van der Waals surface area contributed by atoms with E-state index in [1.54, 1.807) is 36.4 Å². The van der Waals surface area contributed by atoms with Gasteiger partial charge in [-0.3, -0.25) is 4.79 Å². The number of nitrogens with zero attached hydrogens (tertiary/aromatic N) is 2. The molecule has 0 bridgehead atoms. The summed E-state index contributed by atoms with van der Waals surface area (Å²) in [5, 5.41) is 10.1. The molecule has 1 aromatic heterocycles. The molecule has 0 aliphatic rings. The van der Waals surface area contributed by atoms with E-state index < -0.39 is 0 Å². The number of nitrogens with one attached hydrogen (secondary N) is 1. The van der Waals surface area contributed by atoms with Crippen LogP contribution in [0.15, 0.2) is 45.7 Å². The second kappa shape index (κ2) is 8.72. The standard InChI is InChI=1S/C21H18BrN3O3/c1-3-27-18-11-13(10-16(22)19(18)28-4-2)9-14(12-23)20-24-17-8-6-5-7-15(17)21(26)25-20/h5-11H,3-4H2,1-2H3,(H,24,25,26)/b14-9-. The van der Waals surface area contributed by atoms with Crippen molar-refractivity contribution < 1.29 is 9.47 Å². The average molecular weight is 440 g/mol. The number of aromatic nitrogens is 2. The highest BCUT2D eigenvalue weighted by atomic mass is 79.9. The number of halogens is 1. The fraction of sp³-hybridized carbons (Fsp3) is 0.190. The van der Waals surface area contributed by atoms with Gasteiger partial charge in [0.15, 0.2) is 17.3 Å². The Kier molecular flexibility index (Phi) is 6.12. The maximum Gasteiger partial charge on any atom is 0.259 e. The Balaban J connectivity index is 2.11. The van der Waals surface area contributed by atoms with Crippen LogP contribution in [0.5, 0.6) is 11.5 Å². The number of hydrogen-bond donors (Lipinski definition) is 1. The van der Waals surface area contributed by atoms with Crippen molar-refractivity contribution in [1.29, 1.82) is 5.26 Å². The summed E-state index contributed by atoms with van der Waals surface area (Å²) >= 11 is 3.49. The molecule has 0 saturated heterocycles. The van der Waals surface area contributed by atoms with Crippen LogP contribution in [0.25, 0.3) is 22.6 Å². The first-order valence-electron chi connectivity index (χ1n) is 8.77. The van der Waals surface area contributed by atoms with Crippen molar-refractivity contribution in [3.05, 3.63) is 62.6 Å². The van der Waals surface area contributed by atoms with E-state index in [4.69, 9.17) is 9.47 Å². The zero-order valence-corrected chi connectivity index (χ0v) is 17.0. The molecule has 28 heavy (non-hydrogen) atoms. The number of rotatable bonds is 6. The third kappa shape index (κ3) is 4.07. The van der Waals surface area contributed by atoms with Crippen molar-refractivity contribution in [1.82, 2.24) is 9.97 Å². The molecule has 0 spiro atoms. The van der Waals surface area contributed by atoms with Crippen molar-refractivity contribution >= 4 is 38.5 Å². The monoisotopic (exact) mass is 439 g/mol. The Morgan fingerprint density at radius 2 is 2.00 bits per heavy atom. The normalized spacial score (nSPS) is 11.3. The lowest BCUT2D eigenvalue weighted by molar-refractivity contribution is 0.286. The lowest BCUT2D eigenvalue weighted by atomic mass is 10.1. The Labute approximate surface area is 170 Å². The van der Waals surface area contributed by atoms with Gasteiger partial charge in [-0.1, -0.05) is 12.1 Å². The quantitative estimate of drug-likeness (QED) is 0.569. The highest BCUT2D eigenvalue weighted by Gasteiger charge is 2.13. The van der Waals surface area contributed by atoms with Crippen LogP contribution in [0.4, 0.5) is 0 Å². The summed E-state index contributed by atoms with van der Waals surface area (Å²) in [6, 6.07) is 12.7. The van der Waals surface area contributed by atoms with Crippen LogP contribution >= 0.6 is 15.9 Å². The fourth-order valence-corrected chi connectivity index (χ4v) is 3.33. The van der Waals surface area contributed by atoms with Crippen LogP contribution in [-0.4, -0.2) is 23.2 Å². The molecule has 7 heteroatoms.